The smallest absolute Gasteiger partial charge is 0.313 e. The van der Waals surface area contributed by atoms with Gasteiger partial charge in [0, 0.05) is 5.69 Å². The minimum Gasteiger partial charge on any atom is -0.464 e. The lowest BCUT2D eigenvalue weighted by Crippen LogP contribution is -2.37. The van der Waals surface area contributed by atoms with Gasteiger partial charge in [-0.25, -0.2) is 0 Å². The van der Waals surface area contributed by atoms with E-state index in [1.165, 1.54) is 0 Å². The standard InChI is InChI=1S/C18H22N2O4/c1-10-7-11(2)16(12(3)8-10)20-18(23)17(22)19-9-14(21)15-6-5-13(4)24-15/h5-8,14,21H,9H2,1-4H3,(H,19,22)(H,20,23). The summed E-state index contributed by atoms with van der Waals surface area (Å²) in [4.78, 5) is 23.9. The molecule has 1 aromatic carbocycles. The third-order valence-corrected chi connectivity index (χ3v) is 3.67. The Labute approximate surface area is 140 Å². The van der Waals surface area contributed by atoms with Gasteiger partial charge in [-0.15, -0.1) is 0 Å². The Bertz CT molecular complexity index is 741. The number of furan rings is 1. The van der Waals surface area contributed by atoms with E-state index in [9.17, 15) is 14.7 Å². The number of aryl methyl sites for hydroxylation is 4. The molecule has 1 unspecified atom stereocenters. The molecule has 0 fully saturated rings. The number of aliphatic hydroxyl groups is 1. The van der Waals surface area contributed by atoms with Crippen LogP contribution in [0.1, 0.15) is 34.3 Å². The zero-order valence-corrected chi connectivity index (χ0v) is 14.3. The molecule has 0 bridgehead atoms. The van der Waals surface area contributed by atoms with E-state index in [1.807, 2.05) is 32.9 Å². The number of benzene rings is 1. The lowest BCUT2D eigenvalue weighted by molar-refractivity contribution is -0.136. The van der Waals surface area contributed by atoms with Gasteiger partial charge in [-0.2, -0.15) is 0 Å². The molecule has 0 spiro atoms. The van der Waals surface area contributed by atoms with Crippen LogP contribution in [0, 0.1) is 27.7 Å². The minimum absolute atomic E-state index is 0.106. The number of carbonyl (C=O) groups excluding carboxylic acids is 2. The number of amides is 2. The quantitative estimate of drug-likeness (QED) is 0.750. The molecule has 3 N–H and O–H groups in total. The van der Waals surface area contributed by atoms with Crippen LogP contribution in [-0.2, 0) is 9.59 Å². The summed E-state index contributed by atoms with van der Waals surface area (Å²) in [5.74, 6) is -0.568. The molecular weight excluding hydrogens is 308 g/mol. The molecule has 0 saturated carbocycles. The summed E-state index contributed by atoms with van der Waals surface area (Å²) in [6.45, 7) is 7.36. The molecule has 2 amide bonds. The maximum absolute atomic E-state index is 12.0. The third-order valence-electron chi connectivity index (χ3n) is 3.67. The number of carbonyl (C=O) groups is 2. The fourth-order valence-corrected chi connectivity index (χ4v) is 2.55. The number of nitrogens with one attached hydrogen (secondary N) is 2. The summed E-state index contributed by atoms with van der Waals surface area (Å²) in [5, 5.41) is 14.9. The molecule has 2 rings (SSSR count). The van der Waals surface area contributed by atoms with Gasteiger partial charge in [-0.3, -0.25) is 9.59 Å². The van der Waals surface area contributed by atoms with Gasteiger partial charge in [0.05, 0.1) is 6.54 Å². The van der Waals surface area contributed by atoms with Gasteiger partial charge < -0.3 is 20.2 Å². The number of hydrogen-bond donors (Lipinski definition) is 3. The molecule has 0 saturated heterocycles. The second-order valence-corrected chi connectivity index (χ2v) is 5.90. The summed E-state index contributed by atoms with van der Waals surface area (Å²) >= 11 is 0. The van der Waals surface area contributed by atoms with Crippen LogP contribution in [0.25, 0.3) is 0 Å². The van der Waals surface area contributed by atoms with Crippen LogP contribution in [0.4, 0.5) is 5.69 Å². The van der Waals surface area contributed by atoms with Crippen molar-refractivity contribution in [1.82, 2.24) is 5.32 Å². The lowest BCUT2D eigenvalue weighted by Gasteiger charge is -2.13. The van der Waals surface area contributed by atoms with E-state index in [1.54, 1.807) is 19.1 Å². The lowest BCUT2D eigenvalue weighted by atomic mass is 10.1. The zero-order chi connectivity index (χ0) is 17.9. The number of aliphatic hydroxyl groups excluding tert-OH is 1. The van der Waals surface area contributed by atoms with Gasteiger partial charge >= 0.3 is 11.8 Å². The van der Waals surface area contributed by atoms with E-state index < -0.39 is 17.9 Å². The van der Waals surface area contributed by atoms with Crippen LogP contribution in [0.2, 0.25) is 0 Å². The average molecular weight is 330 g/mol. The van der Waals surface area contributed by atoms with Crippen molar-refractivity contribution in [3.8, 4) is 0 Å². The third kappa shape index (κ3) is 4.23. The summed E-state index contributed by atoms with van der Waals surface area (Å²) in [7, 11) is 0. The van der Waals surface area contributed by atoms with Gasteiger partial charge in [0.25, 0.3) is 0 Å². The van der Waals surface area contributed by atoms with Crippen LogP contribution in [0.5, 0.6) is 0 Å². The van der Waals surface area contributed by atoms with Crippen LogP contribution in [0.15, 0.2) is 28.7 Å². The zero-order valence-electron chi connectivity index (χ0n) is 14.3. The van der Waals surface area contributed by atoms with Crippen LogP contribution < -0.4 is 10.6 Å². The molecule has 0 aliphatic heterocycles. The van der Waals surface area contributed by atoms with Crippen molar-refractivity contribution in [2.45, 2.75) is 33.8 Å². The number of rotatable bonds is 4. The first kappa shape index (κ1) is 17.7. The molecule has 1 aromatic heterocycles. The van der Waals surface area contributed by atoms with Gasteiger partial charge in [0.2, 0.25) is 0 Å². The normalized spacial score (nSPS) is 11.9. The van der Waals surface area contributed by atoms with Crippen molar-refractivity contribution in [3.05, 3.63) is 52.5 Å². The van der Waals surface area contributed by atoms with Gasteiger partial charge in [0.1, 0.15) is 17.6 Å². The first-order valence-corrected chi connectivity index (χ1v) is 7.69. The Hall–Kier alpha value is -2.60. The maximum Gasteiger partial charge on any atom is 0.313 e. The van der Waals surface area contributed by atoms with E-state index in [0.717, 1.165) is 16.7 Å². The molecular formula is C18H22N2O4. The first-order valence-electron chi connectivity index (χ1n) is 7.69. The van der Waals surface area contributed by atoms with Crippen molar-refractivity contribution in [3.63, 3.8) is 0 Å². The molecule has 0 aliphatic rings. The molecule has 6 heteroatoms. The molecule has 128 valence electrons. The second-order valence-electron chi connectivity index (χ2n) is 5.90. The van der Waals surface area contributed by atoms with Crippen molar-refractivity contribution < 1.29 is 19.1 Å². The summed E-state index contributed by atoms with van der Waals surface area (Å²) in [6, 6.07) is 7.22. The molecule has 0 aliphatic carbocycles. The molecule has 0 radical (unpaired) electrons. The highest BCUT2D eigenvalue weighted by atomic mass is 16.4. The second kappa shape index (κ2) is 7.31. The largest absolute Gasteiger partial charge is 0.464 e. The monoisotopic (exact) mass is 330 g/mol. The number of hydrogen-bond acceptors (Lipinski definition) is 4. The Morgan fingerprint density at radius 1 is 1.08 bits per heavy atom. The van der Waals surface area contributed by atoms with E-state index in [-0.39, 0.29) is 6.54 Å². The Kier molecular flexibility index (Phi) is 5.41. The SMILES string of the molecule is Cc1cc(C)c(NC(=O)C(=O)NCC(O)c2ccc(C)o2)c(C)c1. The average Bonchev–Trinajstić information content (AvgIpc) is 2.94. The summed E-state index contributed by atoms with van der Waals surface area (Å²) in [5.41, 5.74) is 3.49. The van der Waals surface area contributed by atoms with E-state index in [2.05, 4.69) is 10.6 Å². The highest BCUT2D eigenvalue weighted by Crippen LogP contribution is 2.21. The van der Waals surface area contributed by atoms with Crippen molar-refractivity contribution in [1.29, 1.82) is 0 Å². The first-order chi connectivity index (χ1) is 11.3. The topological polar surface area (TPSA) is 91.6 Å². The maximum atomic E-state index is 12.0. The van der Waals surface area contributed by atoms with E-state index in [0.29, 0.717) is 17.2 Å². The summed E-state index contributed by atoms with van der Waals surface area (Å²) < 4.78 is 5.27. The predicted molar refractivity (Wildman–Crippen MR) is 90.7 cm³/mol. The molecule has 24 heavy (non-hydrogen) atoms. The molecule has 1 atom stereocenters. The minimum atomic E-state index is -1.00. The Morgan fingerprint density at radius 3 is 2.25 bits per heavy atom. The highest BCUT2D eigenvalue weighted by molar-refractivity contribution is 6.39. The molecule has 6 nitrogen and oxygen atoms in total. The fraction of sp³-hybridized carbons (Fsp3) is 0.333. The van der Waals surface area contributed by atoms with Crippen LogP contribution in [0.3, 0.4) is 0 Å². The van der Waals surface area contributed by atoms with Crippen molar-refractivity contribution >= 4 is 17.5 Å². The highest BCUT2D eigenvalue weighted by Gasteiger charge is 2.18. The van der Waals surface area contributed by atoms with Gasteiger partial charge in [-0.1, -0.05) is 17.7 Å². The fourth-order valence-electron chi connectivity index (χ4n) is 2.55. The molecule has 2 aromatic rings. The number of anilines is 1. The van der Waals surface area contributed by atoms with E-state index >= 15 is 0 Å². The Balaban J connectivity index is 1.94. The van der Waals surface area contributed by atoms with E-state index in [4.69, 9.17) is 4.42 Å². The Morgan fingerprint density at radius 2 is 1.71 bits per heavy atom. The van der Waals surface area contributed by atoms with Gasteiger partial charge in [0.15, 0.2) is 0 Å². The van der Waals surface area contributed by atoms with Crippen LogP contribution >= 0.6 is 0 Å². The predicted octanol–water partition coefficient (Wildman–Crippen LogP) is 2.30. The van der Waals surface area contributed by atoms with Crippen molar-refractivity contribution in [2.75, 3.05) is 11.9 Å². The van der Waals surface area contributed by atoms with Crippen LogP contribution in [-0.4, -0.2) is 23.5 Å². The van der Waals surface area contributed by atoms with Gasteiger partial charge in [-0.05, 0) is 51.0 Å². The van der Waals surface area contributed by atoms with Crippen molar-refractivity contribution in [2.24, 2.45) is 0 Å². The summed E-state index contributed by atoms with van der Waals surface area (Å²) in [6.07, 6.45) is -1.00. The molecule has 1 heterocycles.